The number of benzene rings is 3. The number of nitrogens with zero attached hydrogens (tertiary/aromatic N) is 5. The summed E-state index contributed by atoms with van der Waals surface area (Å²) >= 11 is 6.25. The quantitative estimate of drug-likeness (QED) is 0.250. The van der Waals surface area contributed by atoms with E-state index in [0.717, 1.165) is 74.9 Å². The fourth-order valence-electron chi connectivity index (χ4n) is 10.3. The number of imide groups is 1. The summed E-state index contributed by atoms with van der Waals surface area (Å²) < 4.78 is 6.38. The topological polar surface area (TPSA) is 159 Å². The molecule has 310 valence electrons. The second kappa shape index (κ2) is 15.8. The minimum absolute atomic E-state index is 0.111. The number of piperazine rings is 1. The minimum atomic E-state index is -1.27. The van der Waals surface area contributed by atoms with Crippen LogP contribution in [0.1, 0.15) is 90.0 Å². The SMILES string of the molecule is CC1(C)[C@H](NC(=O)c2ccc(N3CCC(CN4CCN(c5ccc6c(c5)C(=O)N(C5CCC(=O)NC5O)C6=O)CC4)CC3)cc2)C(C)(C)[C@H]1Oc1ccc(C#N)c(Cl)c1. The predicted octanol–water partition coefficient (Wildman–Crippen LogP) is 5.06. The van der Waals surface area contributed by atoms with Crippen molar-refractivity contribution in [1.82, 2.24) is 20.4 Å². The molecule has 3 aromatic carbocycles. The Morgan fingerprint density at radius 1 is 0.864 bits per heavy atom. The van der Waals surface area contributed by atoms with Gasteiger partial charge in [-0.1, -0.05) is 39.3 Å². The van der Waals surface area contributed by atoms with Crippen LogP contribution in [0.3, 0.4) is 0 Å². The Bertz CT molecular complexity index is 2170. The van der Waals surface area contributed by atoms with E-state index in [9.17, 15) is 29.5 Å². The van der Waals surface area contributed by atoms with Crippen LogP contribution in [0.2, 0.25) is 5.02 Å². The molecule has 4 fully saturated rings. The molecule has 1 saturated carbocycles. The number of amides is 4. The van der Waals surface area contributed by atoms with E-state index in [4.69, 9.17) is 16.3 Å². The fraction of sp³-hybridized carbons (Fsp3) is 0.489. The van der Waals surface area contributed by atoms with Crippen LogP contribution in [0.25, 0.3) is 0 Å². The number of ether oxygens (including phenoxy) is 1. The summed E-state index contributed by atoms with van der Waals surface area (Å²) in [6, 6.07) is 19.6. The monoisotopic (exact) mass is 821 g/mol. The van der Waals surface area contributed by atoms with Gasteiger partial charge in [0.2, 0.25) is 5.91 Å². The Balaban J connectivity index is 0.789. The number of rotatable bonds is 9. The van der Waals surface area contributed by atoms with E-state index in [2.05, 4.69) is 59.1 Å². The maximum absolute atomic E-state index is 13.5. The first-order valence-electron chi connectivity index (χ1n) is 20.6. The first-order chi connectivity index (χ1) is 28.1. The molecule has 0 radical (unpaired) electrons. The van der Waals surface area contributed by atoms with E-state index in [1.165, 1.54) is 0 Å². The molecule has 3 aromatic rings. The summed E-state index contributed by atoms with van der Waals surface area (Å²) in [6.45, 7) is 14.8. The van der Waals surface area contributed by atoms with Gasteiger partial charge in [0.05, 0.1) is 27.8 Å². The van der Waals surface area contributed by atoms with E-state index in [-0.39, 0.29) is 47.6 Å². The number of fused-ring (bicyclic) bond motifs is 1. The molecule has 2 atom stereocenters. The van der Waals surface area contributed by atoms with Crippen LogP contribution in [0, 0.1) is 28.1 Å². The average molecular weight is 822 g/mol. The van der Waals surface area contributed by atoms with Crippen molar-refractivity contribution in [2.45, 2.75) is 77.8 Å². The highest BCUT2D eigenvalue weighted by molar-refractivity contribution is 6.31. The number of anilines is 2. The van der Waals surface area contributed by atoms with Crippen molar-refractivity contribution in [2.24, 2.45) is 16.7 Å². The van der Waals surface area contributed by atoms with Crippen molar-refractivity contribution >= 4 is 46.6 Å². The third kappa shape index (κ3) is 7.62. The molecule has 14 heteroatoms. The molecule has 0 bridgehead atoms. The van der Waals surface area contributed by atoms with E-state index in [1.807, 2.05) is 30.3 Å². The summed E-state index contributed by atoms with van der Waals surface area (Å²) in [4.78, 5) is 60.0. The van der Waals surface area contributed by atoms with Crippen molar-refractivity contribution in [1.29, 1.82) is 5.26 Å². The molecule has 1 aliphatic carbocycles. The molecule has 5 aliphatic rings. The first-order valence-corrected chi connectivity index (χ1v) is 21.0. The van der Waals surface area contributed by atoms with E-state index in [0.29, 0.717) is 38.9 Å². The number of piperidine rings is 2. The maximum Gasteiger partial charge on any atom is 0.262 e. The lowest BCUT2D eigenvalue weighted by molar-refractivity contribution is -0.164. The normalized spacial score (nSPS) is 25.5. The molecular weight excluding hydrogens is 770 g/mol. The smallest absolute Gasteiger partial charge is 0.262 e. The molecule has 8 rings (SSSR count). The lowest BCUT2D eigenvalue weighted by Crippen LogP contribution is -2.74. The van der Waals surface area contributed by atoms with Gasteiger partial charge in [0, 0.05) is 92.1 Å². The van der Waals surface area contributed by atoms with Crippen molar-refractivity contribution in [3.05, 3.63) is 87.9 Å². The van der Waals surface area contributed by atoms with E-state index in [1.54, 1.807) is 30.3 Å². The van der Waals surface area contributed by atoms with Crippen LogP contribution in [-0.2, 0) is 4.79 Å². The van der Waals surface area contributed by atoms with E-state index >= 15 is 0 Å². The molecule has 3 N–H and O–H groups in total. The lowest BCUT2D eigenvalue weighted by Gasteiger charge is -2.63. The average Bonchev–Trinajstić information content (AvgIpc) is 3.47. The number of aliphatic hydroxyl groups is 1. The molecule has 59 heavy (non-hydrogen) atoms. The standard InChI is InChI=1S/C45H52ClN7O6/c1-44(2)42(45(3,4)43(44)59-32-11-7-29(25-47)35(46)24-32)49-38(55)28-5-8-30(9-6-28)51-17-15-27(16-18-51)26-50-19-21-52(22-20-50)31-10-12-33-34(23-31)41(58)53(40(33)57)36-13-14-37(54)48-39(36)56/h5-12,23-24,27,36,39,42-43,56H,13-22,26H2,1-4H3,(H,48,54)(H,49,55)/t36?,39?,42-,43-. The van der Waals surface area contributed by atoms with Gasteiger partial charge in [-0.05, 0) is 79.8 Å². The third-order valence-corrected chi connectivity index (χ3v) is 13.7. The van der Waals surface area contributed by atoms with Gasteiger partial charge in [0.15, 0.2) is 0 Å². The molecule has 4 heterocycles. The highest BCUT2D eigenvalue weighted by Crippen LogP contribution is 2.55. The van der Waals surface area contributed by atoms with Crippen molar-refractivity contribution in [2.75, 3.05) is 55.6 Å². The number of carbonyl (C=O) groups excluding carboxylic acids is 4. The Kier molecular flexibility index (Phi) is 10.9. The first kappa shape index (κ1) is 40.6. The summed E-state index contributed by atoms with van der Waals surface area (Å²) in [5.41, 5.74) is 3.02. The number of nitrogens with one attached hydrogen (secondary N) is 2. The zero-order valence-electron chi connectivity index (χ0n) is 34.0. The van der Waals surface area contributed by atoms with Crippen molar-refractivity contribution < 1.29 is 29.0 Å². The maximum atomic E-state index is 13.5. The van der Waals surface area contributed by atoms with Gasteiger partial charge in [-0.25, -0.2) is 0 Å². The largest absolute Gasteiger partial charge is 0.489 e. The summed E-state index contributed by atoms with van der Waals surface area (Å²) in [5.74, 6) is -0.0698. The van der Waals surface area contributed by atoms with Crippen molar-refractivity contribution in [3.8, 4) is 11.8 Å². The number of carbonyl (C=O) groups is 4. The highest BCUT2D eigenvalue weighted by Gasteiger charge is 2.64. The molecule has 0 spiro atoms. The van der Waals surface area contributed by atoms with Gasteiger partial charge in [-0.15, -0.1) is 0 Å². The summed E-state index contributed by atoms with van der Waals surface area (Å²) in [5, 5.41) is 25.7. The second-order valence-electron chi connectivity index (χ2n) is 17.9. The molecular formula is C45H52ClN7O6. The van der Waals surface area contributed by atoms with Gasteiger partial charge in [-0.2, -0.15) is 5.26 Å². The number of halogens is 1. The van der Waals surface area contributed by atoms with Crippen LogP contribution in [0.4, 0.5) is 11.4 Å². The Morgan fingerprint density at radius 2 is 1.51 bits per heavy atom. The van der Waals surface area contributed by atoms with Gasteiger partial charge in [0.25, 0.3) is 17.7 Å². The fourth-order valence-corrected chi connectivity index (χ4v) is 10.6. The van der Waals surface area contributed by atoms with E-state index < -0.39 is 24.1 Å². The highest BCUT2D eigenvalue weighted by atomic mass is 35.5. The Morgan fingerprint density at radius 3 is 2.15 bits per heavy atom. The van der Waals surface area contributed by atoms with Crippen molar-refractivity contribution in [3.63, 3.8) is 0 Å². The van der Waals surface area contributed by atoms with Gasteiger partial charge >= 0.3 is 0 Å². The molecule has 4 amide bonds. The predicted molar refractivity (Wildman–Crippen MR) is 224 cm³/mol. The number of aliphatic hydroxyl groups excluding tert-OH is 1. The molecule has 2 unspecified atom stereocenters. The molecule has 4 aliphatic heterocycles. The van der Waals surface area contributed by atoms with Gasteiger partial charge in [0.1, 0.15) is 24.2 Å². The van der Waals surface area contributed by atoms with Gasteiger partial charge < -0.3 is 30.3 Å². The molecule has 13 nitrogen and oxygen atoms in total. The van der Waals surface area contributed by atoms with Gasteiger partial charge in [-0.3, -0.25) is 29.0 Å². The van der Waals surface area contributed by atoms with Crippen LogP contribution < -0.4 is 25.2 Å². The van der Waals surface area contributed by atoms with Crippen LogP contribution >= 0.6 is 11.6 Å². The second-order valence-corrected chi connectivity index (χ2v) is 18.3. The van der Waals surface area contributed by atoms with Crippen LogP contribution in [0.5, 0.6) is 5.75 Å². The lowest BCUT2D eigenvalue weighted by atomic mass is 9.49. The third-order valence-electron chi connectivity index (χ3n) is 13.4. The Labute approximate surface area is 350 Å². The number of hydrogen-bond donors (Lipinski definition) is 3. The van der Waals surface area contributed by atoms with Crippen LogP contribution in [0.15, 0.2) is 60.7 Å². The molecule has 3 saturated heterocycles. The zero-order chi connectivity index (χ0) is 41.8. The number of nitriles is 1. The number of hydrogen-bond acceptors (Lipinski definition) is 10. The zero-order valence-corrected chi connectivity index (χ0v) is 34.8. The Hall–Kier alpha value is -5.16. The summed E-state index contributed by atoms with van der Waals surface area (Å²) in [7, 11) is 0. The minimum Gasteiger partial charge on any atom is -0.489 e. The molecule has 0 aromatic heterocycles. The van der Waals surface area contributed by atoms with Crippen LogP contribution in [-0.4, -0.2) is 109 Å². The summed E-state index contributed by atoms with van der Waals surface area (Å²) in [6.07, 6.45) is 1.11.